The third-order valence-electron chi connectivity index (χ3n) is 4.54. The van der Waals surface area contributed by atoms with Gasteiger partial charge in [0, 0.05) is 17.4 Å². The molecule has 24 heavy (non-hydrogen) atoms. The van der Waals surface area contributed by atoms with Crippen molar-refractivity contribution < 1.29 is 9.53 Å². The molecule has 2 heterocycles. The lowest BCUT2D eigenvalue weighted by Gasteiger charge is -2.14. The number of nitrogens with zero attached hydrogens (tertiary/aromatic N) is 2. The summed E-state index contributed by atoms with van der Waals surface area (Å²) in [6, 6.07) is 11.4. The van der Waals surface area contributed by atoms with Gasteiger partial charge in [-0.3, -0.25) is 4.79 Å². The molecule has 1 saturated carbocycles. The van der Waals surface area contributed by atoms with Crippen LogP contribution >= 0.6 is 11.6 Å². The molecule has 0 aliphatic heterocycles. The number of imidazole rings is 1. The Morgan fingerprint density at radius 1 is 1.21 bits per heavy atom. The highest BCUT2D eigenvalue weighted by Gasteiger charge is 2.52. The third kappa shape index (κ3) is 2.67. The van der Waals surface area contributed by atoms with E-state index in [1.807, 2.05) is 60.1 Å². The molecule has 0 radical (unpaired) electrons. The maximum Gasteiger partial charge on any atom is 0.316 e. The minimum atomic E-state index is -0.500. The second kappa shape index (κ2) is 5.64. The number of esters is 1. The second-order valence-electron chi connectivity index (χ2n) is 6.37. The normalized spacial score (nSPS) is 15.4. The van der Waals surface area contributed by atoms with Crippen LogP contribution in [0.2, 0.25) is 5.02 Å². The third-order valence-corrected chi connectivity index (χ3v) is 4.79. The van der Waals surface area contributed by atoms with Crippen molar-refractivity contribution in [2.24, 2.45) is 0 Å². The Labute approximate surface area is 145 Å². The summed E-state index contributed by atoms with van der Waals surface area (Å²) < 4.78 is 7.50. The quantitative estimate of drug-likeness (QED) is 0.672. The SMILES string of the molecule is Cc1ccc2nc(COC(=O)C3(c4ccc(Cl)cc4)CC3)cn2c1. The number of benzene rings is 1. The zero-order valence-electron chi connectivity index (χ0n) is 13.3. The average Bonchev–Trinajstić information content (AvgIpc) is 3.28. The van der Waals surface area contributed by atoms with Gasteiger partial charge in [0.1, 0.15) is 12.3 Å². The summed E-state index contributed by atoms with van der Waals surface area (Å²) in [4.78, 5) is 17.0. The first-order chi connectivity index (χ1) is 11.6. The van der Waals surface area contributed by atoms with Crippen molar-refractivity contribution in [3.8, 4) is 0 Å². The van der Waals surface area contributed by atoms with Gasteiger partial charge in [-0.2, -0.15) is 0 Å². The molecule has 1 aliphatic carbocycles. The van der Waals surface area contributed by atoms with Gasteiger partial charge in [-0.15, -0.1) is 0 Å². The van der Waals surface area contributed by atoms with Gasteiger partial charge in [0.25, 0.3) is 0 Å². The summed E-state index contributed by atoms with van der Waals surface area (Å²) in [5.74, 6) is -0.182. The van der Waals surface area contributed by atoms with E-state index in [2.05, 4.69) is 4.98 Å². The van der Waals surface area contributed by atoms with E-state index in [-0.39, 0.29) is 12.6 Å². The van der Waals surface area contributed by atoms with E-state index in [0.717, 1.165) is 35.3 Å². The van der Waals surface area contributed by atoms with Crippen LogP contribution in [-0.2, 0) is 21.6 Å². The molecule has 5 heteroatoms. The summed E-state index contributed by atoms with van der Waals surface area (Å²) >= 11 is 5.93. The van der Waals surface area contributed by atoms with Crippen LogP contribution in [0.1, 0.15) is 29.7 Å². The number of rotatable bonds is 4. The Kier molecular flexibility index (Phi) is 3.57. The van der Waals surface area contributed by atoms with Crippen molar-refractivity contribution >= 4 is 23.2 Å². The number of aromatic nitrogens is 2. The van der Waals surface area contributed by atoms with Crippen LogP contribution < -0.4 is 0 Å². The summed E-state index contributed by atoms with van der Waals surface area (Å²) in [7, 11) is 0. The van der Waals surface area contributed by atoms with Crippen LogP contribution in [0.5, 0.6) is 0 Å². The molecule has 1 aromatic carbocycles. The van der Waals surface area contributed by atoms with Crippen LogP contribution in [-0.4, -0.2) is 15.4 Å². The smallest absolute Gasteiger partial charge is 0.316 e. The number of carbonyl (C=O) groups is 1. The highest BCUT2D eigenvalue weighted by atomic mass is 35.5. The molecule has 0 amide bonds. The molecule has 0 saturated heterocycles. The summed E-state index contributed by atoms with van der Waals surface area (Å²) in [6.45, 7) is 2.22. The van der Waals surface area contributed by atoms with E-state index in [0.29, 0.717) is 5.02 Å². The van der Waals surface area contributed by atoms with Gasteiger partial charge in [-0.05, 0) is 49.1 Å². The molecule has 2 aromatic heterocycles. The molecule has 0 spiro atoms. The minimum Gasteiger partial charge on any atom is -0.458 e. The van der Waals surface area contributed by atoms with Gasteiger partial charge in [-0.1, -0.05) is 29.8 Å². The molecule has 0 N–H and O–H groups in total. The van der Waals surface area contributed by atoms with Crippen molar-refractivity contribution in [3.05, 3.63) is 70.6 Å². The predicted molar refractivity (Wildman–Crippen MR) is 92.1 cm³/mol. The number of hydrogen-bond donors (Lipinski definition) is 0. The zero-order valence-corrected chi connectivity index (χ0v) is 14.1. The molecule has 4 nitrogen and oxygen atoms in total. The number of halogens is 1. The Morgan fingerprint density at radius 2 is 1.96 bits per heavy atom. The highest BCUT2D eigenvalue weighted by Crippen LogP contribution is 2.49. The fourth-order valence-electron chi connectivity index (χ4n) is 3.01. The van der Waals surface area contributed by atoms with E-state index in [1.54, 1.807) is 0 Å². The topological polar surface area (TPSA) is 43.6 Å². The zero-order chi connectivity index (χ0) is 16.7. The molecular formula is C19H17ClN2O2. The Bertz CT molecular complexity index is 911. The van der Waals surface area contributed by atoms with Crippen LogP contribution in [0.4, 0.5) is 0 Å². The van der Waals surface area contributed by atoms with Crippen LogP contribution in [0.25, 0.3) is 5.65 Å². The van der Waals surface area contributed by atoms with Crippen LogP contribution in [0, 0.1) is 6.92 Å². The Hall–Kier alpha value is -2.33. The Balaban J connectivity index is 1.48. The molecule has 3 aromatic rings. The second-order valence-corrected chi connectivity index (χ2v) is 6.81. The van der Waals surface area contributed by atoms with E-state index in [1.165, 1.54) is 0 Å². The van der Waals surface area contributed by atoms with Crippen molar-refractivity contribution in [2.45, 2.75) is 31.8 Å². The fraction of sp³-hybridized carbons (Fsp3) is 0.263. The van der Waals surface area contributed by atoms with Crippen molar-refractivity contribution in [1.29, 1.82) is 0 Å². The van der Waals surface area contributed by atoms with Crippen LogP contribution in [0.15, 0.2) is 48.8 Å². The molecule has 122 valence electrons. The molecule has 0 bridgehead atoms. The number of carbonyl (C=O) groups excluding carboxylic acids is 1. The monoisotopic (exact) mass is 340 g/mol. The van der Waals surface area contributed by atoms with Gasteiger partial charge >= 0.3 is 5.97 Å². The Morgan fingerprint density at radius 3 is 2.67 bits per heavy atom. The van der Waals surface area contributed by atoms with E-state index < -0.39 is 5.41 Å². The molecule has 4 rings (SSSR count). The predicted octanol–water partition coefficient (Wildman–Crippen LogP) is 4.07. The van der Waals surface area contributed by atoms with Gasteiger partial charge in [0.2, 0.25) is 0 Å². The van der Waals surface area contributed by atoms with Crippen LogP contribution in [0.3, 0.4) is 0 Å². The highest BCUT2D eigenvalue weighted by molar-refractivity contribution is 6.30. The first-order valence-electron chi connectivity index (χ1n) is 7.94. The standard InChI is InChI=1S/C19H17ClN2O2/c1-13-2-7-17-21-16(11-22(17)10-13)12-24-18(23)19(8-9-19)14-3-5-15(20)6-4-14/h2-7,10-11H,8-9,12H2,1H3. The van der Waals surface area contributed by atoms with Gasteiger partial charge < -0.3 is 9.14 Å². The van der Waals surface area contributed by atoms with E-state index in [4.69, 9.17) is 16.3 Å². The number of pyridine rings is 1. The number of aryl methyl sites for hydroxylation is 1. The van der Waals surface area contributed by atoms with Gasteiger partial charge in [0.05, 0.1) is 11.1 Å². The lowest BCUT2D eigenvalue weighted by Crippen LogP contribution is -2.23. The van der Waals surface area contributed by atoms with E-state index >= 15 is 0 Å². The number of ether oxygens (including phenoxy) is 1. The fourth-order valence-corrected chi connectivity index (χ4v) is 3.13. The molecule has 1 aliphatic rings. The lowest BCUT2D eigenvalue weighted by atomic mass is 9.96. The molecule has 0 atom stereocenters. The lowest BCUT2D eigenvalue weighted by molar-refractivity contribution is -0.148. The number of fused-ring (bicyclic) bond motifs is 1. The number of hydrogen-bond acceptors (Lipinski definition) is 3. The maximum absolute atomic E-state index is 12.6. The van der Waals surface area contributed by atoms with Crippen molar-refractivity contribution in [2.75, 3.05) is 0 Å². The van der Waals surface area contributed by atoms with Gasteiger partial charge in [0.15, 0.2) is 0 Å². The summed E-state index contributed by atoms with van der Waals surface area (Å²) in [6.07, 6.45) is 5.54. The van der Waals surface area contributed by atoms with Crippen molar-refractivity contribution in [1.82, 2.24) is 9.38 Å². The average molecular weight is 341 g/mol. The largest absolute Gasteiger partial charge is 0.458 e. The van der Waals surface area contributed by atoms with Crippen molar-refractivity contribution in [3.63, 3.8) is 0 Å². The van der Waals surface area contributed by atoms with Gasteiger partial charge in [-0.25, -0.2) is 4.98 Å². The molecular weight excluding hydrogens is 324 g/mol. The summed E-state index contributed by atoms with van der Waals surface area (Å²) in [5.41, 5.74) is 3.23. The minimum absolute atomic E-state index is 0.182. The first-order valence-corrected chi connectivity index (χ1v) is 8.32. The first kappa shape index (κ1) is 15.2. The summed E-state index contributed by atoms with van der Waals surface area (Å²) in [5, 5.41) is 0.669. The maximum atomic E-state index is 12.6. The molecule has 0 unspecified atom stereocenters. The van der Waals surface area contributed by atoms with E-state index in [9.17, 15) is 4.79 Å². The molecule has 1 fully saturated rings.